The number of hydrogen-bond donors (Lipinski definition) is 2. The summed E-state index contributed by atoms with van der Waals surface area (Å²) in [6.45, 7) is 11.4. The summed E-state index contributed by atoms with van der Waals surface area (Å²) in [5.74, 6) is -0.920. The smallest absolute Gasteiger partial charge is 0.329 e. The summed E-state index contributed by atoms with van der Waals surface area (Å²) in [5, 5.41) is 5.94. The largest absolute Gasteiger partial charge is 0.458 e. The van der Waals surface area contributed by atoms with E-state index in [9.17, 15) is 14.4 Å². The Kier molecular flexibility index (Phi) is 11.2. The van der Waals surface area contributed by atoms with Crippen LogP contribution >= 0.6 is 0 Å². The summed E-state index contributed by atoms with van der Waals surface area (Å²) >= 11 is 0. The van der Waals surface area contributed by atoms with Crippen LogP contribution < -0.4 is 10.6 Å². The number of aryl methyl sites for hydroxylation is 1. The summed E-state index contributed by atoms with van der Waals surface area (Å²) in [6.07, 6.45) is 5.71. The number of carbonyl (C=O) groups excluding carboxylic acids is 3. The zero-order valence-electron chi connectivity index (χ0n) is 24.3. The fourth-order valence-corrected chi connectivity index (χ4v) is 5.09. The molecule has 1 aliphatic carbocycles. The number of hydrogen-bond acceptors (Lipinski definition) is 5. The molecule has 1 aliphatic rings. The zero-order valence-corrected chi connectivity index (χ0v) is 24.3. The molecule has 2 N–H and O–H groups in total. The predicted octanol–water partition coefficient (Wildman–Crippen LogP) is 4.55. The van der Waals surface area contributed by atoms with E-state index in [-0.39, 0.29) is 42.2 Å². The number of nitrogens with one attached hydrogen (secondary N) is 2. The molecular formula is C30H49N3O4. The molecule has 37 heavy (non-hydrogen) atoms. The second kappa shape index (κ2) is 13.4. The monoisotopic (exact) mass is 515 g/mol. The Bertz CT molecular complexity index is 914. The molecule has 1 saturated carbocycles. The van der Waals surface area contributed by atoms with Gasteiger partial charge in [0, 0.05) is 24.4 Å². The average molecular weight is 516 g/mol. The zero-order chi connectivity index (χ0) is 27.8. The summed E-state index contributed by atoms with van der Waals surface area (Å²) in [6, 6.07) is 8.11. The SMILES string of the molecule is CCC(C)C(NC(=O)CCC(=O)NC1CCC(Cc2cccc(C)c2)(N(C)C)CC1)C(=O)OC(C)(C)C. The van der Waals surface area contributed by atoms with E-state index in [1.54, 1.807) is 20.8 Å². The Hall–Kier alpha value is -2.41. The van der Waals surface area contributed by atoms with Gasteiger partial charge in [0.25, 0.3) is 0 Å². The third-order valence-corrected chi connectivity index (χ3v) is 7.62. The summed E-state index contributed by atoms with van der Waals surface area (Å²) < 4.78 is 5.49. The highest BCUT2D eigenvalue weighted by molar-refractivity contribution is 5.87. The fourth-order valence-electron chi connectivity index (χ4n) is 5.09. The third kappa shape index (κ3) is 9.76. The van der Waals surface area contributed by atoms with E-state index in [4.69, 9.17) is 4.74 Å². The number of carbonyl (C=O) groups is 3. The van der Waals surface area contributed by atoms with Crippen molar-refractivity contribution in [3.8, 4) is 0 Å². The van der Waals surface area contributed by atoms with Gasteiger partial charge in [0.1, 0.15) is 11.6 Å². The first-order valence-corrected chi connectivity index (χ1v) is 13.8. The topological polar surface area (TPSA) is 87.7 Å². The maximum atomic E-state index is 12.6. The average Bonchev–Trinajstić information content (AvgIpc) is 2.80. The number of esters is 1. The standard InChI is InChI=1S/C30H49N3O4/c1-9-22(3)27(28(36)37-29(4,5)6)32-26(35)14-13-25(34)31-24-15-17-30(18-16-24,33(7)8)20-23-12-10-11-21(2)19-23/h10-12,19,22,24,27H,9,13-18,20H2,1-8H3,(H,31,34)(H,32,35). The quantitative estimate of drug-likeness (QED) is 0.422. The van der Waals surface area contributed by atoms with Crippen LogP contribution in [-0.2, 0) is 25.5 Å². The molecule has 0 radical (unpaired) electrons. The van der Waals surface area contributed by atoms with Gasteiger partial charge in [0.05, 0.1) is 0 Å². The lowest BCUT2D eigenvalue weighted by molar-refractivity contribution is -0.160. The first-order valence-electron chi connectivity index (χ1n) is 13.8. The van der Waals surface area contributed by atoms with Gasteiger partial charge >= 0.3 is 5.97 Å². The van der Waals surface area contributed by atoms with Crippen molar-refractivity contribution in [2.24, 2.45) is 5.92 Å². The molecule has 208 valence electrons. The van der Waals surface area contributed by atoms with E-state index in [1.165, 1.54) is 11.1 Å². The lowest BCUT2D eigenvalue weighted by Gasteiger charge is -2.45. The van der Waals surface area contributed by atoms with Crippen molar-refractivity contribution in [1.29, 1.82) is 0 Å². The van der Waals surface area contributed by atoms with Gasteiger partial charge in [-0.15, -0.1) is 0 Å². The van der Waals surface area contributed by atoms with Gasteiger partial charge in [-0.3, -0.25) is 9.59 Å². The molecule has 0 aromatic heterocycles. The summed E-state index contributed by atoms with van der Waals surface area (Å²) in [5.41, 5.74) is 2.08. The van der Waals surface area contributed by atoms with Crippen LogP contribution in [0.1, 0.15) is 90.7 Å². The molecule has 0 spiro atoms. The maximum Gasteiger partial charge on any atom is 0.329 e. The first kappa shape index (κ1) is 30.8. The molecule has 7 heteroatoms. The van der Waals surface area contributed by atoms with E-state index >= 15 is 0 Å². The minimum absolute atomic E-state index is 0.0449. The molecule has 0 bridgehead atoms. The Labute approximate surface area is 224 Å². The van der Waals surface area contributed by atoms with Crippen molar-refractivity contribution in [1.82, 2.24) is 15.5 Å². The molecule has 2 unspecified atom stereocenters. The molecule has 1 fully saturated rings. The van der Waals surface area contributed by atoms with Crippen LogP contribution in [0.2, 0.25) is 0 Å². The van der Waals surface area contributed by atoms with Crippen molar-refractivity contribution >= 4 is 17.8 Å². The molecule has 0 saturated heterocycles. The highest BCUT2D eigenvalue weighted by atomic mass is 16.6. The molecule has 0 aliphatic heterocycles. The Morgan fingerprint density at radius 3 is 2.27 bits per heavy atom. The third-order valence-electron chi connectivity index (χ3n) is 7.62. The van der Waals surface area contributed by atoms with Gasteiger partial charge in [0.2, 0.25) is 11.8 Å². The lowest BCUT2D eigenvalue weighted by atomic mass is 9.74. The minimum atomic E-state index is -0.717. The van der Waals surface area contributed by atoms with Crippen LogP contribution in [0.15, 0.2) is 24.3 Å². The second-order valence-corrected chi connectivity index (χ2v) is 12.1. The molecular weight excluding hydrogens is 466 g/mol. The van der Waals surface area contributed by atoms with Gasteiger partial charge in [-0.1, -0.05) is 50.1 Å². The Balaban J connectivity index is 1.85. The van der Waals surface area contributed by atoms with Gasteiger partial charge < -0.3 is 20.3 Å². The molecule has 1 aromatic rings. The van der Waals surface area contributed by atoms with Crippen molar-refractivity contribution in [2.75, 3.05) is 14.1 Å². The number of rotatable bonds is 11. The number of likely N-dealkylation sites (N-methyl/N-ethyl adjacent to an activating group) is 1. The van der Waals surface area contributed by atoms with Crippen LogP contribution in [0.3, 0.4) is 0 Å². The Morgan fingerprint density at radius 1 is 1.11 bits per heavy atom. The molecule has 2 amide bonds. The summed E-state index contributed by atoms with van der Waals surface area (Å²) in [4.78, 5) is 40.2. The van der Waals surface area contributed by atoms with Gasteiger partial charge in [-0.2, -0.15) is 0 Å². The number of benzene rings is 1. The Morgan fingerprint density at radius 2 is 1.73 bits per heavy atom. The van der Waals surface area contributed by atoms with Crippen molar-refractivity contribution in [3.05, 3.63) is 35.4 Å². The van der Waals surface area contributed by atoms with Crippen LogP contribution in [0.4, 0.5) is 0 Å². The van der Waals surface area contributed by atoms with Crippen molar-refractivity contribution in [3.63, 3.8) is 0 Å². The molecule has 0 heterocycles. The molecule has 1 aromatic carbocycles. The normalized spacial score (nSPS) is 21.7. The van der Waals surface area contributed by atoms with Crippen LogP contribution in [0.5, 0.6) is 0 Å². The van der Waals surface area contributed by atoms with Gasteiger partial charge in [0.15, 0.2) is 0 Å². The van der Waals surface area contributed by atoms with Crippen LogP contribution in [-0.4, -0.2) is 60.0 Å². The van der Waals surface area contributed by atoms with E-state index < -0.39 is 17.6 Å². The van der Waals surface area contributed by atoms with Crippen LogP contribution in [0, 0.1) is 12.8 Å². The van der Waals surface area contributed by atoms with E-state index in [2.05, 4.69) is 60.8 Å². The minimum Gasteiger partial charge on any atom is -0.458 e. The number of nitrogens with zero attached hydrogens (tertiary/aromatic N) is 1. The van der Waals surface area contributed by atoms with Gasteiger partial charge in [-0.25, -0.2) is 4.79 Å². The fraction of sp³-hybridized carbons (Fsp3) is 0.700. The van der Waals surface area contributed by atoms with E-state index in [0.717, 1.165) is 38.5 Å². The highest BCUT2D eigenvalue weighted by Crippen LogP contribution is 2.35. The first-order chi connectivity index (χ1) is 17.2. The molecule has 2 atom stereocenters. The number of ether oxygens (including phenoxy) is 1. The lowest BCUT2D eigenvalue weighted by Crippen LogP contribution is -2.52. The maximum absolute atomic E-state index is 12.6. The molecule has 2 rings (SSSR count). The van der Waals surface area contributed by atoms with E-state index in [0.29, 0.717) is 0 Å². The van der Waals surface area contributed by atoms with Crippen molar-refractivity contribution < 1.29 is 19.1 Å². The van der Waals surface area contributed by atoms with Crippen molar-refractivity contribution in [2.45, 2.75) is 116 Å². The van der Waals surface area contributed by atoms with Gasteiger partial charge in [-0.05, 0) is 85.4 Å². The number of amides is 2. The highest BCUT2D eigenvalue weighted by Gasteiger charge is 2.38. The van der Waals surface area contributed by atoms with E-state index in [1.807, 2.05) is 13.8 Å². The second-order valence-electron chi connectivity index (χ2n) is 12.1. The predicted molar refractivity (Wildman–Crippen MR) is 148 cm³/mol. The van der Waals surface area contributed by atoms with Crippen LogP contribution in [0.25, 0.3) is 0 Å². The summed E-state index contributed by atoms with van der Waals surface area (Å²) in [7, 11) is 4.30. The molecule has 7 nitrogen and oxygen atoms in total.